The molecule has 0 unspecified atom stereocenters. The van der Waals surface area contributed by atoms with E-state index < -0.39 is 34.9 Å². The average Bonchev–Trinajstić information content (AvgIpc) is 2.87. The van der Waals surface area contributed by atoms with E-state index in [2.05, 4.69) is 0 Å². The fraction of sp³-hybridized carbons (Fsp3) is 0.450. The highest BCUT2D eigenvalue weighted by molar-refractivity contribution is 6.13. The topological polar surface area (TPSA) is 75.7 Å². The minimum atomic E-state index is -5.22. The Balaban J connectivity index is 2.60. The van der Waals surface area contributed by atoms with Gasteiger partial charge in [0, 0.05) is 17.8 Å². The number of nitrogens with one attached hydrogen (secondary N) is 1. The number of nitrogens with zero attached hydrogens (tertiary/aromatic N) is 1. The second-order valence-electron chi connectivity index (χ2n) is 6.76. The quantitative estimate of drug-likeness (QED) is 0.746. The maximum atomic E-state index is 14.3. The molecule has 158 valence electrons. The molecule has 0 bridgehead atoms. The molecular weight excluding hydrogens is 389 g/mol. The zero-order valence-corrected chi connectivity index (χ0v) is 16.6. The van der Waals surface area contributed by atoms with Crippen molar-refractivity contribution in [3.05, 3.63) is 41.1 Å². The van der Waals surface area contributed by atoms with Crippen molar-refractivity contribution in [3.63, 3.8) is 0 Å². The van der Waals surface area contributed by atoms with Crippen LogP contribution in [0, 0.1) is 0 Å². The minimum absolute atomic E-state index is 0.0187. The Hall–Kier alpha value is -2.84. The molecule has 1 aliphatic rings. The second kappa shape index (κ2) is 8.26. The number of alkyl halides is 3. The van der Waals surface area contributed by atoms with Crippen molar-refractivity contribution in [3.8, 4) is 5.75 Å². The predicted octanol–water partition coefficient (Wildman–Crippen LogP) is 3.23. The number of unbranched alkanes of at least 4 members (excludes halogenated alkanes) is 1. The van der Waals surface area contributed by atoms with E-state index in [0.29, 0.717) is 12.8 Å². The molecule has 0 aromatic heterocycles. The van der Waals surface area contributed by atoms with E-state index in [9.17, 15) is 27.6 Å². The zero-order chi connectivity index (χ0) is 22.0. The van der Waals surface area contributed by atoms with Gasteiger partial charge < -0.3 is 15.0 Å². The van der Waals surface area contributed by atoms with Crippen LogP contribution in [0.3, 0.4) is 0 Å². The van der Waals surface area contributed by atoms with Crippen molar-refractivity contribution in [2.75, 3.05) is 13.7 Å². The number of methoxy groups -OCH3 is 1. The summed E-state index contributed by atoms with van der Waals surface area (Å²) in [5.74, 6) is -3.19. The molecule has 1 aromatic rings. The van der Waals surface area contributed by atoms with Crippen LogP contribution in [0.25, 0.3) is 0 Å². The van der Waals surface area contributed by atoms with Crippen molar-refractivity contribution < 1.29 is 32.3 Å². The van der Waals surface area contributed by atoms with Gasteiger partial charge in [-0.05, 0) is 38.5 Å². The summed E-state index contributed by atoms with van der Waals surface area (Å²) in [5.41, 5.74) is -4.42. The lowest BCUT2D eigenvalue weighted by atomic mass is 9.86. The van der Waals surface area contributed by atoms with Gasteiger partial charge in [0.25, 0.3) is 11.8 Å². The van der Waals surface area contributed by atoms with Crippen molar-refractivity contribution in [1.29, 1.82) is 0 Å². The third kappa shape index (κ3) is 3.86. The minimum Gasteiger partial charge on any atom is -0.497 e. The van der Waals surface area contributed by atoms with E-state index >= 15 is 0 Å². The highest BCUT2D eigenvalue weighted by atomic mass is 19.4. The summed E-state index contributed by atoms with van der Waals surface area (Å²) >= 11 is 0. The Bertz CT molecular complexity index is 864. The van der Waals surface area contributed by atoms with Gasteiger partial charge in [-0.15, -0.1) is 0 Å². The van der Waals surface area contributed by atoms with Gasteiger partial charge in [-0.2, -0.15) is 13.2 Å². The summed E-state index contributed by atoms with van der Waals surface area (Å²) in [7, 11) is 1.35. The summed E-state index contributed by atoms with van der Waals surface area (Å²) in [6, 6.07) is 5.50. The van der Waals surface area contributed by atoms with E-state index in [1.807, 2.05) is 12.2 Å². The van der Waals surface area contributed by atoms with Crippen LogP contribution in [-0.4, -0.2) is 47.9 Å². The van der Waals surface area contributed by atoms with E-state index in [4.69, 9.17) is 4.74 Å². The number of amides is 2. The van der Waals surface area contributed by atoms with Gasteiger partial charge in [0.15, 0.2) is 5.78 Å². The molecule has 1 heterocycles. The second-order valence-corrected chi connectivity index (χ2v) is 6.76. The Kier molecular flexibility index (Phi) is 6.40. The summed E-state index contributed by atoms with van der Waals surface area (Å²) < 4.78 is 47.9. The molecule has 0 spiro atoms. The van der Waals surface area contributed by atoms with Crippen LogP contribution >= 0.6 is 0 Å². The monoisotopic (exact) mass is 412 g/mol. The fourth-order valence-corrected chi connectivity index (χ4v) is 3.43. The van der Waals surface area contributed by atoms with Crippen LogP contribution < -0.4 is 10.1 Å². The smallest absolute Gasteiger partial charge is 0.425 e. The van der Waals surface area contributed by atoms with E-state index in [1.165, 1.54) is 38.3 Å². The Morgan fingerprint density at radius 3 is 2.45 bits per heavy atom. The number of hydrogen-bond acceptors (Lipinski definition) is 4. The molecular formula is C20H23F3N2O4. The maximum absolute atomic E-state index is 14.3. The highest BCUT2D eigenvalue weighted by Crippen LogP contribution is 2.45. The molecule has 0 radical (unpaired) electrons. The van der Waals surface area contributed by atoms with E-state index in [0.717, 1.165) is 11.8 Å². The zero-order valence-electron chi connectivity index (χ0n) is 16.6. The summed E-state index contributed by atoms with van der Waals surface area (Å²) in [6.07, 6.45) is -4.13. The number of carbonyl (C=O) groups is 3. The van der Waals surface area contributed by atoms with Crippen LogP contribution in [0.4, 0.5) is 13.2 Å². The van der Waals surface area contributed by atoms with Gasteiger partial charge in [0.1, 0.15) is 5.75 Å². The lowest BCUT2D eigenvalue weighted by molar-refractivity contribution is -0.190. The molecule has 9 heteroatoms. The molecule has 1 aromatic carbocycles. The molecule has 1 atom stereocenters. The standard InChI is InChI=1S/C20H23F3N2O4/c1-5-6-10-25-12(2)16(13(3)26)19(18(25)28,20(21,22)23)24-17(27)14-8-7-9-15(11-14)29-4/h7-9,11H,5-6,10H2,1-4H3,(H,24,27)/t19-/m1/s1. The Morgan fingerprint density at radius 1 is 1.28 bits per heavy atom. The van der Waals surface area contributed by atoms with Gasteiger partial charge in [-0.1, -0.05) is 19.4 Å². The summed E-state index contributed by atoms with van der Waals surface area (Å²) in [4.78, 5) is 38.8. The molecule has 0 fully saturated rings. The first kappa shape index (κ1) is 22.4. The van der Waals surface area contributed by atoms with Crippen LogP contribution in [-0.2, 0) is 9.59 Å². The van der Waals surface area contributed by atoms with Crippen molar-refractivity contribution in [1.82, 2.24) is 10.2 Å². The van der Waals surface area contributed by atoms with Gasteiger partial charge >= 0.3 is 6.18 Å². The van der Waals surface area contributed by atoms with Crippen molar-refractivity contribution >= 4 is 17.6 Å². The Labute approximate surface area is 166 Å². The van der Waals surface area contributed by atoms with Crippen LogP contribution in [0.1, 0.15) is 44.0 Å². The molecule has 0 saturated heterocycles. The van der Waals surface area contributed by atoms with E-state index in [1.54, 1.807) is 0 Å². The molecule has 2 amide bonds. The third-order valence-corrected chi connectivity index (χ3v) is 4.85. The third-order valence-electron chi connectivity index (χ3n) is 4.85. The number of benzene rings is 1. The maximum Gasteiger partial charge on any atom is 0.425 e. The van der Waals surface area contributed by atoms with Gasteiger partial charge in [-0.25, -0.2) is 0 Å². The normalized spacial score (nSPS) is 19.6. The van der Waals surface area contributed by atoms with E-state index in [-0.39, 0.29) is 23.6 Å². The summed E-state index contributed by atoms with van der Waals surface area (Å²) in [6.45, 7) is 4.08. The van der Waals surface area contributed by atoms with Crippen molar-refractivity contribution in [2.24, 2.45) is 0 Å². The number of Topliss-reactive ketones (excluding diaryl/α,β-unsaturated/α-hetero) is 1. The SMILES string of the molecule is CCCCN1C(=O)[C@@](NC(=O)c2cccc(OC)c2)(C(F)(F)F)C(C(C)=O)=C1C. The molecule has 6 nitrogen and oxygen atoms in total. The van der Waals surface area contributed by atoms with Gasteiger partial charge in [0.05, 0.1) is 12.7 Å². The number of hydrogen-bond donors (Lipinski definition) is 1. The first-order valence-corrected chi connectivity index (χ1v) is 9.08. The number of halogens is 3. The van der Waals surface area contributed by atoms with Gasteiger partial charge in [0.2, 0.25) is 5.54 Å². The van der Waals surface area contributed by atoms with Crippen LogP contribution in [0.5, 0.6) is 5.75 Å². The number of carbonyl (C=O) groups excluding carboxylic acids is 3. The lowest BCUT2D eigenvalue weighted by Crippen LogP contribution is -2.66. The summed E-state index contributed by atoms with van der Waals surface area (Å²) in [5, 5.41) is 1.83. The first-order valence-electron chi connectivity index (χ1n) is 9.08. The molecule has 0 aliphatic carbocycles. The number of ketones is 1. The molecule has 0 saturated carbocycles. The molecule has 2 rings (SSSR count). The largest absolute Gasteiger partial charge is 0.497 e. The first-order chi connectivity index (χ1) is 13.5. The Morgan fingerprint density at radius 2 is 1.93 bits per heavy atom. The number of allylic oxidation sites excluding steroid dienone is 1. The molecule has 29 heavy (non-hydrogen) atoms. The highest BCUT2D eigenvalue weighted by Gasteiger charge is 2.69. The van der Waals surface area contributed by atoms with Crippen LogP contribution in [0.15, 0.2) is 35.5 Å². The van der Waals surface area contributed by atoms with Crippen molar-refractivity contribution in [2.45, 2.75) is 45.3 Å². The average molecular weight is 412 g/mol. The fourth-order valence-electron chi connectivity index (χ4n) is 3.43. The molecule has 1 aliphatic heterocycles. The predicted molar refractivity (Wildman–Crippen MR) is 99.2 cm³/mol. The van der Waals surface area contributed by atoms with Crippen LogP contribution in [0.2, 0.25) is 0 Å². The number of rotatable bonds is 7. The number of ether oxygens (including phenoxy) is 1. The van der Waals surface area contributed by atoms with Gasteiger partial charge in [-0.3, -0.25) is 14.4 Å². The lowest BCUT2D eigenvalue weighted by Gasteiger charge is -2.33. The molecule has 1 N–H and O–H groups in total.